The third-order valence-electron chi connectivity index (χ3n) is 10.7. The largest absolute Gasteiger partial charge is 0.494 e. The molecule has 204 valence electrons. The summed E-state index contributed by atoms with van der Waals surface area (Å²) < 4.78 is 6.43. The first-order chi connectivity index (χ1) is 17.7. The van der Waals surface area contributed by atoms with Gasteiger partial charge in [0.2, 0.25) is 0 Å². The van der Waals surface area contributed by atoms with E-state index in [0.29, 0.717) is 48.1 Å². The summed E-state index contributed by atoms with van der Waals surface area (Å²) in [5.41, 5.74) is 2.06. The van der Waals surface area contributed by atoms with E-state index in [1.807, 2.05) is 6.08 Å². The zero-order valence-electron chi connectivity index (χ0n) is 23.6. The van der Waals surface area contributed by atoms with Crippen LogP contribution in [0, 0.1) is 29.1 Å². The number of ketones is 1. The number of aliphatic hydroxyl groups is 1. The highest BCUT2D eigenvalue weighted by Gasteiger charge is 2.62. The quantitative estimate of drug-likeness (QED) is 0.372. The van der Waals surface area contributed by atoms with Crippen LogP contribution in [0.25, 0.3) is 0 Å². The minimum Gasteiger partial charge on any atom is -0.494 e. The highest BCUT2D eigenvalue weighted by Crippen LogP contribution is 2.66. The molecule has 0 aliphatic heterocycles. The molecule has 6 unspecified atom stereocenters. The van der Waals surface area contributed by atoms with Crippen LogP contribution in [-0.2, 0) is 4.79 Å². The Kier molecular flexibility index (Phi) is 7.90. The Morgan fingerprint density at radius 3 is 2.73 bits per heavy atom. The fourth-order valence-corrected chi connectivity index (χ4v) is 9.03. The van der Waals surface area contributed by atoms with E-state index in [2.05, 4.69) is 57.3 Å². The first kappa shape index (κ1) is 26.9. The van der Waals surface area contributed by atoms with Crippen molar-refractivity contribution in [2.45, 2.75) is 116 Å². The van der Waals surface area contributed by atoms with E-state index in [1.165, 1.54) is 24.0 Å². The molecule has 0 spiro atoms. The molecule has 7 atom stereocenters. The molecule has 5 rings (SSSR count). The maximum absolute atomic E-state index is 12.0. The van der Waals surface area contributed by atoms with Crippen molar-refractivity contribution in [2.24, 2.45) is 29.1 Å². The Hall–Kier alpha value is -1.65. The lowest BCUT2D eigenvalue weighted by molar-refractivity contribution is -0.128. The van der Waals surface area contributed by atoms with Gasteiger partial charge < -0.3 is 15.2 Å². The summed E-state index contributed by atoms with van der Waals surface area (Å²) in [5.74, 6) is 3.83. The number of allylic oxidation sites excluding steroid dienone is 1. The van der Waals surface area contributed by atoms with Gasteiger partial charge in [-0.05, 0) is 112 Å². The topological polar surface area (TPSA) is 58.6 Å². The average Bonchev–Trinajstić information content (AvgIpc) is 3.14. The predicted octanol–water partition coefficient (Wildman–Crippen LogP) is 7.17. The Morgan fingerprint density at radius 1 is 1.11 bits per heavy atom. The molecule has 37 heavy (non-hydrogen) atoms. The fourth-order valence-electron chi connectivity index (χ4n) is 9.03. The van der Waals surface area contributed by atoms with Gasteiger partial charge in [0.1, 0.15) is 5.75 Å². The molecule has 4 nitrogen and oxygen atoms in total. The highest BCUT2D eigenvalue weighted by atomic mass is 16.5. The van der Waals surface area contributed by atoms with Crippen LogP contribution in [0.15, 0.2) is 35.9 Å². The van der Waals surface area contributed by atoms with Crippen molar-refractivity contribution in [3.8, 4) is 5.75 Å². The zero-order chi connectivity index (χ0) is 26.2. The number of benzene rings is 1. The van der Waals surface area contributed by atoms with Gasteiger partial charge in [-0.15, -0.1) is 0 Å². The van der Waals surface area contributed by atoms with Gasteiger partial charge in [-0.1, -0.05) is 44.9 Å². The fraction of sp³-hybridized carbons (Fsp3) is 0.727. The van der Waals surface area contributed by atoms with Gasteiger partial charge in [0.25, 0.3) is 0 Å². The van der Waals surface area contributed by atoms with Crippen molar-refractivity contribution in [1.82, 2.24) is 5.32 Å². The molecule has 4 heteroatoms. The molecule has 0 saturated heterocycles. The van der Waals surface area contributed by atoms with Crippen molar-refractivity contribution in [3.05, 3.63) is 41.5 Å². The van der Waals surface area contributed by atoms with Crippen LogP contribution >= 0.6 is 0 Å². The monoisotopic (exact) mass is 507 g/mol. The zero-order valence-corrected chi connectivity index (χ0v) is 23.6. The lowest BCUT2D eigenvalue weighted by Gasteiger charge is -2.56. The maximum atomic E-state index is 12.0. The van der Waals surface area contributed by atoms with Gasteiger partial charge in [-0.3, -0.25) is 4.79 Å². The molecular weight excluding hydrogens is 458 g/mol. The molecular formula is C33H49NO3. The van der Waals surface area contributed by atoms with Gasteiger partial charge in [-0.2, -0.15) is 0 Å². The molecule has 3 fully saturated rings. The smallest absolute Gasteiger partial charge is 0.155 e. The summed E-state index contributed by atoms with van der Waals surface area (Å²) in [7, 11) is 0. The number of fused-ring (bicyclic) bond motifs is 5. The van der Waals surface area contributed by atoms with Gasteiger partial charge in [0.05, 0.1) is 12.2 Å². The van der Waals surface area contributed by atoms with Crippen molar-refractivity contribution >= 4 is 5.78 Å². The number of hydrogen-bond acceptors (Lipinski definition) is 4. The second-order valence-corrected chi connectivity index (χ2v) is 13.1. The Labute approximate surface area is 224 Å². The molecule has 1 aromatic rings. The minimum absolute atomic E-state index is 0.0541. The van der Waals surface area contributed by atoms with E-state index in [-0.39, 0.29) is 5.41 Å². The van der Waals surface area contributed by atoms with Gasteiger partial charge in [0, 0.05) is 23.9 Å². The molecule has 0 bridgehead atoms. The third kappa shape index (κ3) is 5.17. The second-order valence-electron chi connectivity index (χ2n) is 13.1. The highest BCUT2D eigenvalue weighted by molar-refractivity contribution is 5.91. The van der Waals surface area contributed by atoms with E-state index in [9.17, 15) is 9.90 Å². The number of rotatable bonds is 9. The lowest BCUT2D eigenvalue weighted by Crippen LogP contribution is -2.53. The van der Waals surface area contributed by atoms with Crippen LogP contribution in [0.2, 0.25) is 0 Å². The van der Waals surface area contributed by atoms with Gasteiger partial charge in [-0.25, -0.2) is 0 Å². The average molecular weight is 508 g/mol. The molecule has 4 aliphatic rings. The second kappa shape index (κ2) is 10.8. The Bertz CT molecular complexity index is 997. The maximum Gasteiger partial charge on any atom is 0.155 e. The Morgan fingerprint density at radius 2 is 1.95 bits per heavy atom. The van der Waals surface area contributed by atoms with E-state index in [0.717, 1.165) is 63.5 Å². The molecule has 0 heterocycles. The predicted molar refractivity (Wildman–Crippen MR) is 150 cm³/mol. The van der Waals surface area contributed by atoms with Crippen LogP contribution < -0.4 is 10.1 Å². The lowest BCUT2D eigenvalue weighted by atomic mass is 9.49. The normalized spacial score (nSPS) is 35.9. The van der Waals surface area contributed by atoms with Gasteiger partial charge in [0.15, 0.2) is 5.78 Å². The van der Waals surface area contributed by atoms with Gasteiger partial charge >= 0.3 is 0 Å². The summed E-state index contributed by atoms with van der Waals surface area (Å²) in [6, 6.07) is 9.42. The Balaban J connectivity index is 1.29. The van der Waals surface area contributed by atoms with Crippen molar-refractivity contribution in [3.63, 3.8) is 0 Å². The number of nitrogens with one attached hydrogen (secondary N) is 1. The van der Waals surface area contributed by atoms with Crippen molar-refractivity contribution in [1.29, 1.82) is 0 Å². The summed E-state index contributed by atoms with van der Waals surface area (Å²) in [6.45, 7) is 9.42. The molecule has 1 aromatic carbocycles. The van der Waals surface area contributed by atoms with Crippen LogP contribution in [0.4, 0.5) is 0 Å². The number of carbonyl (C=O) groups excluding carboxylic acids is 1. The SMILES string of the molecule is CCCC(NC(C)C)c1cccc(OCCC23CCC4C5CCC(=O)C=C5CCC4C2CC[C@]3(C)O)c1. The summed E-state index contributed by atoms with van der Waals surface area (Å²) in [6.07, 6.45) is 13.5. The molecule has 4 aliphatic carbocycles. The van der Waals surface area contributed by atoms with Crippen LogP contribution in [-0.4, -0.2) is 29.1 Å². The molecule has 0 amide bonds. The first-order valence-corrected chi connectivity index (χ1v) is 15.2. The number of carbonyl (C=O) groups is 1. The third-order valence-corrected chi connectivity index (χ3v) is 10.7. The van der Waals surface area contributed by atoms with Crippen LogP contribution in [0.3, 0.4) is 0 Å². The van der Waals surface area contributed by atoms with E-state index >= 15 is 0 Å². The van der Waals surface area contributed by atoms with Crippen LogP contribution in [0.5, 0.6) is 5.75 Å². The van der Waals surface area contributed by atoms with E-state index in [1.54, 1.807) is 0 Å². The summed E-state index contributed by atoms with van der Waals surface area (Å²) >= 11 is 0. The minimum atomic E-state index is -0.625. The summed E-state index contributed by atoms with van der Waals surface area (Å²) in [5, 5.41) is 15.4. The molecule has 3 saturated carbocycles. The van der Waals surface area contributed by atoms with Crippen molar-refractivity contribution in [2.75, 3.05) is 6.61 Å². The number of ether oxygens (including phenoxy) is 1. The summed E-state index contributed by atoms with van der Waals surface area (Å²) in [4.78, 5) is 12.0. The van der Waals surface area contributed by atoms with E-state index in [4.69, 9.17) is 4.74 Å². The number of hydrogen-bond donors (Lipinski definition) is 2. The molecule has 2 N–H and O–H groups in total. The van der Waals surface area contributed by atoms with Crippen molar-refractivity contribution < 1.29 is 14.6 Å². The van der Waals surface area contributed by atoms with Crippen LogP contribution in [0.1, 0.15) is 110 Å². The standard InChI is InChI=1S/C33H49NO3/c1-5-7-31(34-22(2)3)24-8-6-9-26(21-24)37-19-18-33-17-14-28-27-13-11-25(35)20-23(27)10-12-29(28)30(33)15-16-32(33,4)36/h6,8-9,20-22,27-31,34,36H,5,7,10-19H2,1-4H3/t27?,28?,29?,30?,31?,32-,33?/m0/s1. The molecule has 0 aromatic heterocycles. The molecule has 0 radical (unpaired) electrons. The van der Waals surface area contributed by atoms with E-state index < -0.39 is 5.60 Å². The first-order valence-electron chi connectivity index (χ1n) is 15.2.